The van der Waals surface area contributed by atoms with E-state index >= 15 is 0 Å². The van der Waals surface area contributed by atoms with Crippen LogP contribution in [0.4, 0.5) is 0 Å². The monoisotopic (exact) mass is 343 g/mol. The second kappa shape index (κ2) is 7.16. The van der Waals surface area contributed by atoms with E-state index in [2.05, 4.69) is 61.3 Å². The second-order valence-corrected chi connectivity index (χ2v) is 7.97. The number of hydrogen-bond donors (Lipinski definition) is 1. The standard InChI is InChI=1S/C20H29N3O2/c1-14(2)11-21-19(24)18-10-20(25-22-18)7-8-23(13-20)12-17-6-5-15(3)16(4)9-17/h5-6,9,14H,7-8,10-13H2,1-4H3,(H,21,24)/t20-/m1/s1. The first-order valence-electron chi connectivity index (χ1n) is 9.19. The van der Waals surface area contributed by atoms with Gasteiger partial charge in [0.05, 0.1) is 0 Å². The summed E-state index contributed by atoms with van der Waals surface area (Å²) >= 11 is 0. The Kier molecular flexibility index (Phi) is 5.13. The first kappa shape index (κ1) is 17.9. The van der Waals surface area contributed by atoms with E-state index in [-0.39, 0.29) is 11.5 Å². The van der Waals surface area contributed by atoms with Gasteiger partial charge in [0.2, 0.25) is 0 Å². The zero-order valence-corrected chi connectivity index (χ0v) is 15.8. The van der Waals surface area contributed by atoms with Gasteiger partial charge in [0, 0.05) is 39.0 Å². The van der Waals surface area contributed by atoms with Crippen LogP contribution in [0, 0.1) is 19.8 Å². The largest absolute Gasteiger partial charge is 0.387 e. The Bertz CT molecular complexity index is 684. The molecular formula is C20H29N3O2. The predicted molar refractivity (Wildman–Crippen MR) is 99.5 cm³/mol. The van der Waals surface area contributed by atoms with Gasteiger partial charge in [0.1, 0.15) is 5.71 Å². The van der Waals surface area contributed by atoms with Gasteiger partial charge in [-0.1, -0.05) is 37.2 Å². The van der Waals surface area contributed by atoms with Gasteiger partial charge in [-0.15, -0.1) is 0 Å². The lowest BCUT2D eigenvalue weighted by atomic mass is 9.96. The van der Waals surface area contributed by atoms with E-state index in [0.29, 0.717) is 24.6 Å². The van der Waals surface area contributed by atoms with Gasteiger partial charge in [-0.2, -0.15) is 0 Å². The highest BCUT2D eigenvalue weighted by Gasteiger charge is 2.46. The lowest BCUT2D eigenvalue weighted by Gasteiger charge is -2.22. The Morgan fingerprint density at radius 3 is 2.88 bits per heavy atom. The van der Waals surface area contributed by atoms with Crippen molar-refractivity contribution in [3.8, 4) is 0 Å². The number of aryl methyl sites for hydroxylation is 2. The van der Waals surface area contributed by atoms with Crippen molar-refractivity contribution in [2.24, 2.45) is 11.1 Å². The summed E-state index contributed by atoms with van der Waals surface area (Å²) in [6, 6.07) is 6.64. The fraction of sp³-hybridized carbons (Fsp3) is 0.600. The van der Waals surface area contributed by atoms with Crippen molar-refractivity contribution in [1.29, 1.82) is 0 Å². The van der Waals surface area contributed by atoms with E-state index in [4.69, 9.17) is 4.84 Å². The molecule has 2 aliphatic rings. The van der Waals surface area contributed by atoms with Crippen LogP contribution in [0.25, 0.3) is 0 Å². The van der Waals surface area contributed by atoms with Crippen LogP contribution in [0.2, 0.25) is 0 Å². The van der Waals surface area contributed by atoms with Crippen molar-refractivity contribution < 1.29 is 9.63 Å². The lowest BCUT2D eigenvalue weighted by Crippen LogP contribution is -2.37. The maximum absolute atomic E-state index is 12.2. The molecule has 1 spiro atoms. The van der Waals surface area contributed by atoms with Crippen LogP contribution in [0.1, 0.15) is 43.4 Å². The third-order valence-electron chi connectivity index (χ3n) is 5.14. The number of rotatable bonds is 5. The Hall–Kier alpha value is -1.88. The molecule has 1 atom stereocenters. The quantitative estimate of drug-likeness (QED) is 0.894. The summed E-state index contributed by atoms with van der Waals surface area (Å²) in [5.74, 6) is 0.346. The van der Waals surface area contributed by atoms with Gasteiger partial charge in [-0.3, -0.25) is 9.69 Å². The highest BCUT2D eigenvalue weighted by molar-refractivity contribution is 6.39. The average Bonchev–Trinajstić information content (AvgIpc) is 3.16. The summed E-state index contributed by atoms with van der Waals surface area (Å²) in [6.07, 6.45) is 1.53. The molecular weight excluding hydrogens is 314 g/mol. The van der Waals surface area contributed by atoms with E-state index < -0.39 is 0 Å². The van der Waals surface area contributed by atoms with Crippen molar-refractivity contribution in [3.63, 3.8) is 0 Å². The topological polar surface area (TPSA) is 53.9 Å². The summed E-state index contributed by atoms with van der Waals surface area (Å²) in [6.45, 7) is 11.8. The molecule has 25 heavy (non-hydrogen) atoms. The smallest absolute Gasteiger partial charge is 0.269 e. The number of hydrogen-bond acceptors (Lipinski definition) is 4. The number of oxime groups is 1. The van der Waals surface area contributed by atoms with Crippen molar-refractivity contribution >= 4 is 11.6 Å². The van der Waals surface area contributed by atoms with Crippen LogP contribution in [-0.4, -0.2) is 41.8 Å². The fourth-order valence-corrected chi connectivity index (χ4v) is 3.48. The first-order chi connectivity index (χ1) is 11.9. The first-order valence-corrected chi connectivity index (χ1v) is 9.19. The summed E-state index contributed by atoms with van der Waals surface area (Å²) < 4.78 is 0. The minimum Gasteiger partial charge on any atom is -0.387 e. The van der Waals surface area contributed by atoms with Gasteiger partial charge in [0.15, 0.2) is 5.60 Å². The molecule has 0 aromatic heterocycles. The molecule has 1 aromatic rings. The SMILES string of the molecule is Cc1ccc(CN2CC[C@@]3(CC(C(=O)NCC(C)C)=NO3)C2)cc1C. The molecule has 2 aliphatic heterocycles. The number of nitrogens with zero attached hydrogens (tertiary/aromatic N) is 2. The van der Waals surface area contributed by atoms with Gasteiger partial charge < -0.3 is 10.2 Å². The molecule has 2 heterocycles. The normalized spacial score (nSPS) is 23.2. The number of nitrogens with one attached hydrogen (secondary N) is 1. The third-order valence-corrected chi connectivity index (χ3v) is 5.14. The van der Waals surface area contributed by atoms with Gasteiger partial charge in [-0.25, -0.2) is 0 Å². The van der Waals surface area contributed by atoms with Crippen molar-refractivity contribution in [2.75, 3.05) is 19.6 Å². The van der Waals surface area contributed by atoms with E-state index in [1.807, 2.05) is 0 Å². The maximum atomic E-state index is 12.2. The number of carbonyl (C=O) groups excluding carboxylic acids is 1. The molecule has 0 aliphatic carbocycles. The van der Waals surface area contributed by atoms with Crippen LogP contribution in [0.3, 0.4) is 0 Å². The Morgan fingerprint density at radius 2 is 2.16 bits per heavy atom. The van der Waals surface area contributed by atoms with E-state index in [1.54, 1.807) is 0 Å². The molecule has 0 bridgehead atoms. The number of amides is 1. The zero-order valence-electron chi connectivity index (χ0n) is 15.8. The van der Waals surface area contributed by atoms with E-state index in [9.17, 15) is 4.79 Å². The molecule has 1 aromatic carbocycles. The summed E-state index contributed by atoms with van der Waals surface area (Å²) in [5, 5.41) is 7.02. The molecule has 5 heteroatoms. The summed E-state index contributed by atoms with van der Waals surface area (Å²) in [5.41, 5.74) is 4.20. The molecule has 5 nitrogen and oxygen atoms in total. The number of carbonyl (C=O) groups is 1. The molecule has 3 rings (SSSR count). The number of benzene rings is 1. The molecule has 0 radical (unpaired) electrons. The minimum atomic E-state index is -0.315. The van der Waals surface area contributed by atoms with Crippen molar-refractivity contribution in [3.05, 3.63) is 34.9 Å². The third kappa shape index (κ3) is 4.21. The highest BCUT2D eigenvalue weighted by atomic mass is 16.7. The predicted octanol–water partition coefficient (Wildman–Crippen LogP) is 2.80. The number of likely N-dealkylation sites (tertiary alicyclic amines) is 1. The zero-order chi connectivity index (χ0) is 18.0. The molecule has 136 valence electrons. The van der Waals surface area contributed by atoms with Crippen molar-refractivity contribution in [2.45, 2.75) is 52.7 Å². The molecule has 1 saturated heterocycles. The van der Waals surface area contributed by atoms with Crippen LogP contribution in [-0.2, 0) is 16.2 Å². The molecule has 0 saturated carbocycles. The molecule has 1 amide bonds. The lowest BCUT2D eigenvalue weighted by molar-refractivity contribution is -0.115. The second-order valence-electron chi connectivity index (χ2n) is 7.97. The van der Waals surface area contributed by atoms with Crippen LogP contribution in [0.5, 0.6) is 0 Å². The van der Waals surface area contributed by atoms with Crippen molar-refractivity contribution in [1.82, 2.24) is 10.2 Å². The minimum absolute atomic E-state index is 0.0850. The van der Waals surface area contributed by atoms with Crippen LogP contribution in [0.15, 0.2) is 23.4 Å². The highest BCUT2D eigenvalue weighted by Crippen LogP contribution is 2.34. The molecule has 1 fully saturated rings. The average molecular weight is 343 g/mol. The summed E-state index contributed by atoms with van der Waals surface area (Å²) in [4.78, 5) is 20.3. The molecule has 0 unspecified atom stereocenters. The van der Waals surface area contributed by atoms with Gasteiger partial charge in [0.25, 0.3) is 5.91 Å². The van der Waals surface area contributed by atoms with E-state index in [1.165, 1.54) is 16.7 Å². The fourth-order valence-electron chi connectivity index (χ4n) is 3.48. The van der Waals surface area contributed by atoms with Crippen LogP contribution < -0.4 is 5.32 Å². The van der Waals surface area contributed by atoms with Crippen LogP contribution >= 0.6 is 0 Å². The van der Waals surface area contributed by atoms with E-state index in [0.717, 1.165) is 26.1 Å². The van der Waals surface area contributed by atoms with Gasteiger partial charge >= 0.3 is 0 Å². The Balaban J connectivity index is 1.54. The Labute approximate surface area is 150 Å². The Morgan fingerprint density at radius 1 is 1.36 bits per heavy atom. The van der Waals surface area contributed by atoms with Gasteiger partial charge in [-0.05, 0) is 36.5 Å². The maximum Gasteiger partial charge on any atom is 0.269 e. The molecule has 1 N–H and O–H groups in total. The summed E-state index contributed by atoms with van der Waals surface area (Å²) in [7, 11) is 0.